The Morgan fingerprint density at radius 2 is 1.85 bits per heavy atom. The molecule has 6 heteroatoms. The molecule has 2 aromatic rings. The monoisotopic (exact) mass is 352 g/mol. The third kappa shape index (κ3) is 3.74. The number of aryl methyl sites for hydroxylation is 1. The summed E-state index contributed by atoms with van der Waals surface area (Å²) in [7, 11) is 1.64. The first-order chi connectivity index (χ1) is 12.5. The zero-order valence-electron chi connectivity index (χ0n) is 14.7. The third-order valence-electron chi connectivity index (χ3n) is 4.34. The molecule has 0 saturated carbocycles. The molecule has 1 N–H and O–H groups in total. The minimum absolute atomic E-state index is 0.0315. The van der Waals surface area contributed by atoms with Crippen molar-refractivity contribution in [2.45, 2.75) is 25.9 Å². The smallest absolute Gasteiger partial charge is 0.338 e. The number of benzene rings is 2. The van der Waals surface area contributed by atoms with Gasteiger partial charge in [-0.25, -0.2) is 4.79 Å². The second-order valence-corrected chi connectivity index (χ2v) is 6.20. The lowest BCUT2D eigenvalue weighted by Crippen LogP contribution is -2.37. The second-order valence-electron chi connectivity index (χ2n) is 6.20. The van der Waals surface area contributed by atoms with E-state index in [1.54, 1.807) is 32.2 Å². The van der Waals surface area contributed by atoms with Gasteiger partial charge in [-0.05, 0) is 49.2 Å². The minimum atomic E-state index is -0.913. The lowest BCUT2D eigenvalue weighted by atomic mass is 10.0. The zero-order valence-corrected chi connectivity index (χ0v) is 14.7. The van der Waals surface area contributed by atoms with Crippen molar-refractivity contribution in [1.29, 1.82) is 0 Å². The summed E-state index contributed by atoms with van der Waals surface area (Å²) in [5.74, 6) is -0.905. The Balaban J connectivity index is 1.67. The Morgan fingerprint density at radius 3 is 2.58 bits per heavy atom. The van der Waals surface area contributed by atoms with Crippen LogP contribution in [0.4, 0.5) is 11.4 Å². The number of esters is 1. The highest BCUT2D eigenvalue weighted by Gasteiger charge is 2.24. The molecule has 1 atom stereocenters. The SMILES string of the molecule is CC(OC(=O)c1ccc2c(c1)CCC(=O)N2)C(=O)N(C)c1ccccc1. The lowest BCUT2D eigenvalue weighted by molar-refractivity contribution is -0.126. The number of likely N-dealkylation sites (N-methyl/N-ethyl adjacent to an activating group) is 1. The summed E-state index contributed by atoms with van der Waals surface area (Å²) in [4.78, 5) is 37.7. The van der Waals surface area contributed by atoms with Gasteiger partial charge in [0.25, 0.3) is 5.91 Å². The van der Waals surface area contributed by atoms with Gasteiger partial charge in [-0.15, -0.1) is 0 Å². The molecule has 2 aromatic carbocycles. The van der Waals surface area contributed by atoms with Crippen LogP contribution in [0.2, 0.25) is 0 Å². The van der Waals surface area contributed by atoms with E-state index >= 15 is 0 Å². The molecule has 0 fully saturated rings. The van der Waals surface area contributed by atoms with Crippen molar-refractivity contribution < 1.29 is 19.1 Å². The van der Waals surface area contributed by atoms with Gasteiger partial charge in [-0.1, -0.05) is 18.2 Å². The summed E-state index contributed by atoms with van der Waals surface area (Å²) >= 11 is 0. The van der Waals surface area contributed by atoms with Crippen LogP contribution in [0.25, 0.3) is 0 Å². The number of fused-ring (bicyclic) bond motifs is 1. The summed E-state index contributed by atoms with van der Waals surface area (Å²) in [5, 5.41) is 2.77. The summed E-state index contributed by atoms with van der Waals surface area (Å²) in [6.45, 7) is 1.55. The van der Waals surface area contributed by atoms with Gasteiger partial charge in [0.1, 0.15) is 0 Å². The molecular weight excluding hydrogens is 332 g/mol. The molecule has 0 aliphatic carbocycles. The fraction of sp³-hybridized carbons (Fsp3) is 0.250. The van der Waals surface area contributed by atoms with Crippen LogP contribution in [0, 0.1) is 0 Å². The molecule has 26 heavy (non-hydrogen) atoms. The van der Waals surface area contributed by atoms with E-state index in [9.17, 15) is 14.4 Å². The fourth-order valence-corrected chi connectivity index (χ4v) is 2.84. The summed E-state index contributed by atoms with van der Waals surface area (Å²) in [6.07, 6.45) is 0.0546. The van der Waals surface area contributed by atoms with Gasteiger partial charge in [-0.3, -0.25) is 9.59 Å². The number of carbonyl (C=O) groups is 3. The molecule has 0 aromatic heterocycles. The van der Waals surface area contributed by atoms with E-state index in [1.165, 1.54) is 4.90 Å². The highest BCUT2D eigenvalue weighted by Crippen LogP contribution is 2.24. The number of hydrogen-bond acceptors (Lipinski definition) is 4. The highest BCUT2D eigenvalue weighted by atomic mass is 16.5. The normalized spacial score (nSPS) is 14.0. The van der Waals surface area contributed by atoms with Gasteiger partial charge in [0.2, 0.25) is 5.91 Å². The van der Waals surface area contributed by atoms with E-state index in [0.717, 1.165) is 11.3 Å². The van der Waals surface area contributed by atoms with E-state index < -0.39 is 12.1 Å². The number of amides is 2. The van der Waals surface area contributed by atoms with E-state index in [-0.39, 0.29) is 11.8 Å². The number of anilines is 2. The Kier molecular flexibility index (Phi) is 5.02. The molecule has 2 amide bonds. The number of rotatable bonds is 4. The van der Waals surface area contributed by atoms with Crippen molar-refractivity contribution in [2.75, 3.05) is 17.3 Å². The standard InChI is InChI=1S/C20H20N2O4/c1-13(19(24)22(2)16-6-4-3-5-7-16)26-20(25)15-8-10-17-14(12-15)9-11-18(23)21-17/h3-8,10,12-13H,9,11H2,1-2H3,(H,21,23). The van der Waals surface area contributed by atoms with Crippen molar-refractivity contribution in [3.63, 3.8) is 0 Å². The van der Waals surface area contributed by atoms with Gasteiger partial charge in [0.05, 0.1) is 5.56 Å². The molecule has 134 valence electrons. The molecule has 1 aliphatic rings. The molecule has 0 spiro atoms. The van der Waals surface area contributed by atoms with Gasteiger partial charge in [0.15, 0.2) is 6.10 Å². The first-order valence-corrected chi connectivity index (χ1v) is 8.42. The van der Waals surface area contributed by atoms with Crippen molar-refractivity contribution in [3.8, 4) is 0 Å². The Labute approximate surface area is 151 Å². The number of nitrogens with one attached hydrogen (secondary N) is 1. The average molecular weight is 352 g/mol. The van der Waals surface area contributed by atoms with Crippen LogP contribution in [-0.4, -0.2) is 30.9 Å². The largest absolute Gasteiger partial charge is 0.449 e. The first kappa shape index (κ1) is 17.7. The summed E-state index contributed by atoms with van der Waals surface area (Å²) in [5.41, 5.74) is 2.69. The maximum atomic E-state index is 12.5. The van der Waals surface area contributed by atoms with Crippen LogP contribution >= 0.6 is 0 Å². The highest BCUT2D eigenvalue weighted by molar-refractivity contribution is 5.99. The first-order valence-electron chi connectivity index (χ1n) is 8.42. The van der Waals surface area contributed by atoms with E-state index in [4.69, 9.17) is 4.74 Å². The van der Waals surface area contributed by atoms with Crippen LogP contribution in [0.1, 0.15) is 29.3 Å². The Hall–Kier alpha value is -3.15. The van der Waals surface area contributed by atoms with E-state index in [1.807, 2.05) is 30.3 Å². The third-order valence-corrected chi connectivity index (χ3v) is 4.34. The van der Waals surface area contributed by atoms with Crippen LogP contribution in [-0.2, 0) is 20.7 Å². The topological polar surface area (TPSA) is 75.7 Å². The minimum Gasteiger partial charge on any atom is -0.449 e. The van der Waals surface area contributed by atoms with Gasteiger partial charge in [-0.2, -0.15) is 0 Å². The fourth-order valence-electron chi connectivity index (χ4n) is 2.84. The molecule has 3 rings (SSSR count). The molecule has 0 saturated heterocycles. The molecule has 1 aliphatic heterocycles. The Morgan fingerprint density at radius 1 is 1.12 bits per heavy atom. The van der Waals surface area contributed by atoms with Crippen molar-refractivity contribution in [1.82, 2.24) is 0 Å². The lowest BCUT2D eigenvalue weighted by Gasteiger charge is -2.22. The number of carbonyl (C=O) groups excluding carboxylic acids is 3. The predicted octanol–water partition coefficient (Wildman–Crippen LogP) is 2.78. The van der Waals surface area contributed by atoms with E-state index in [0.29, 0.717) is 24.1 Å². The molecule has 0 radical (unpaired) electrons. The van der Waals surface area contributed by atoms with Crippen molar-refractivity contribution in [3.05, 3.63) is 59.7 Å². The zero-order chi connectivity index (χ0) is 18.7. The maximum Gasteiger partial charge on any atom is 0.338 e. The van der Waals surface area contributed by atoms with Crippen LogP contribution in [0.3, 0.4) is 0 Å². The number of hydrogen-bond donors (Lipinski definition) is 1. The van der Waals surface area contributed by atoms with Crippen LogP contribution < -0.4 is 10.2 Å². The number of para-hydroxylation sites is 1. The Bertz CT molecular complexity index is 848. The molecular formula is C20H20N2O4. The maximum absolute atomic E-state index is 12.5. The summed E-state index contributed by atoms with van der Waals surface area (Å²) < 4.78 is 5.34. The van der Waals surface area contributed by atoms with Crippen LogP contribution in [0.5, 0.6) is 0 Å². The van der Waals surface area contributed by atoms with Gasteiger partial charge >= 0.3 is 5.97 Å². The van der Waals surface area contributed by atoms with Crippen LogP contribution in [0.15, 0.2) is 48.5 Å². The van der Waals surface area contributed by atoms with Gasteiger partial charge in [0, 0.05) is 24.8 Å². The summed E-state index contributed by atoms with van der Waals surface area (Å²) in [6, 6.07) is 14.1. The molecule has 6 nitrogen and oxygen atoms in total. The molecule has 1 unspecified atom stereocenters. The number of ether oxygens (including phenoxy) is 1. The number of nitrogens with zero attached hydrogens (tertiary/aromatic N) is 1. The molecule has 1 heterocycles. The average Bonchev–Trinajstić information content (AvgIpc) is 2.66. The second kappa shape index (κ2) is 7.39. The quantitative estimate of drug-likeness (QED) is 0.859. The van der Waals surface area contributed by atoms with Gasteiger partial charge < -0.3 is 15.0 Å². The van der Waals surface area contributed by atoms with Crippen molar-refractivity contribution >= 4 is 29.2 Å². The molecule has 0 bridgehead atoms. The predicted molar refractivity (Wildman–Crippen MR) is 98.1 cm³/mol. The van der Waals surface area contributed by atoms with E-state index in [2.05, 4.69) is 5.32 Å². The van der Waals surface area contributed by atoms with Crippen molar-refractivity contribution in [2.24, 2.45) is 0 Å².